The molecule has 0 aliphatic carbocycles. The van der Waals surface area contributed by atoms with E-state index in [1.54, 1.807) is 0 Å². The molecule has 2 rings (SSSR count). The number of halogens is 1. The van der Waals surface area contributed by atoms with Crippen LogP contribution < -0.4 is 5.32 Å². The molecular formula is C10H12ClN3O3S. The van der Waals surface area contributed by atoms with E-state index in [0.29, 0.717) is 19.1 Å². The topological polar surface area (TPSA) is 89.0 Å². The van der Waals surface area contributed by atoms with Crippen molar-refractivity contribution in [1.82, 2.24) is 9.97 Å². The van der Waals surface area contributed by atoms with Crippen molar-refractivity contribution >= 4 is 33.5 Å². The average Bonchev–Trinajstić information content (AvgIpc) is 2.66. The molecule has 1 atom stereocenters. The Bertz CT molecular complexity index is 561. The SMILES string of the molecule is O=Cc1c(Cl)ncnc1NCC1CCCS1(=O)=O. The van der Waals surface area contributed by atoms with Gasteiger partial charge in [0.05, 0.1) is 16.6 Å². The Morgan fingerprint density at radius 3 is 2.89 bits per heavy atom. The summed E-state index contributed by atoms with van der Waals surface area (Å²) in [6.45, 7) is 0.233. The lowest BCUT2D eigenvalue weighted by Crippen LogP contribution is -2.25. The van der Waals surface area contributed by atoms with Crippen molar-refractivity contribution in [3.63, 3.8) is 0 Å². The van der Waals surface area contributed by atoms with Crippen LogP contribution in [0.3, 0.4) is 0 Å². The van der Waals surface area contributed by atoms with Gasteiger partial charge in [-0.25, -0.2) is 18.4 Å². The van der Waals surface area contributed by atoms with E-state index in [1.807, 2.05) is 0 Å². The Kier molecular flexibility index (Phi) is 3.82. The summed E-state index contributed by atoms with van der Waals surface area (Å²) < 4.78 is 23.3. The minimum atomic E-state index is -3.01. The molecule has 2 heterocycles. The maximum absolute atomic E-state index is 11.6. The summed E-state index contributed by atoms with van der Waals surface area (Å²) in [6, 6.07) is 0. The van der Waals surface area contributed by atoms with Gasteiger partial charge in [0, 0.05) is 6.54 Å². The predicted octanol–water partition coefficient (Wildman–Crippen LogP) is 0.932. The fourth-order valence-corrected chi connectivity index (χ4v) is 3.86. The highest BCUT2D eigenvalue weighted by molar-refractivity contribution is 7.92. The van der Waals surface area contributed by atoms with E-state index < -0.39 is 15.1 Å². The first-order valence-corrected chi connectivity index (χ1v) is 7.55. The molecule has 1 saturated heterocycles. The molecule has 0 spiro atoms. The van der Waals surface area contributed by atoms with Gasteiger partial charge in [0.25, 0.3) is 0 Å². The van der Waals surface area contributed by atoms with Crippen molar-refractivity contribution in [3.8, 4) is 0 Å². The summed E-state index contributed by atoms with van der Waals surface area (Å²) in [5.41, 5.74) is 0.148. The highest BCUT2D eigenvalue weighted by atomic mass is 35.5. The number of nitrogens with zero attached hydrogens (tertiary/aromatic N) is 2. The molecule has 18 heavy (non-hydrogen) atoms. The monoisotopic (exact) mass is 289 g/mol. The molecule has 0 saturated carbocycles. The molecule has 1 fully saturated rings. The van der Waals surface area contributed by atoms with Gasteiger partial charge in [0.2, 0.25) is 0 Å². The van der Waals surface area contributed by atoms with E-state index in [9.17, 15) is 13.2 Å². The van der Waals surface area contributed by atoms with Crippen molar-refractivity contribution in [2.24, 2.45) is 0 Å². The molecule has 0 bridgehead atoms. The molecule has 1 aliphatic rings. The van der Waals surface area contributed by atoms with Gasteiger partial charge in [-0.3, -0.25) is 4.79 Å². The van der Waals surface area contributed by atoms with Crippen LogP contribution in [0, 0.1) is 0 Å². The molecule has 0 radical (unpaired) electrons. The molecule has 1 aromatic rings. The molecule has 1 aliphatic heterocycles. The summed E-state index contributed by atoms with van der Waals surface area (Å²) >= 11 is 5.74. The van der Waals surface area contributed by atoms with E-state index >= 15 is 0 Å². The lowest BCUT2D eigenvalue weighted by atomic mass is 10.2. The fourth-order valence-electron chi connectivity index (χ4n) is 1.92. The largest absolute Gasteiger partial charge is 0.368 e. The van der Waals surface area contributed by atoms with Crippen molar-refractivity contribution in [2.75, 3.05) is 17.6 Å². The standard InChI is InChI=1S/C10H12ClN3O3S/c11-9-8(5-15)10(14-6-13-9)12-4-7-2-1-3-18(7,16)17/h5-7H,1-4H2,(H,12,13,14). The number of sulfone groups is 1. The zero-order chi connectivity index (χ0) is 13.2. The number of rotatable bonds is 4. The molecule has 8 heteroatoms. The molecule has 1 aromatic heterocycles. The Balaban J connectivity index is 2.11. The van der Waals surface area contributed by atoms with Crippen molar-refractivity contribution < 1.29 is 13.2 Å². The van der Waals surface area contributed by atoms with Crippen LogP contribution in [0.2, 0.25) is 5.15 Å². The van der Waals surface area contributed by atoms with Crippen LogP contribution in [0.1, 0.15) is 23.2 Å². The van der Waals surface area contributed by atoms with E-state index in [0.717, 1.165) is 0 Å². The number of hydrogen-bond donors (Lipinski definition) is 1. The number of anilines is 1. The van der Waals surface area contributed by atoms with Crippen molar-refractivity contribution in [2.45, 2.75) is 18.1 Å². The molecular weight excluding hydrogens is 278 g/mol. The first-order chi connectivity index (χ1) is 8.54. The van der Waals surface area contributed by atoms with Gasteiger partial charge in [-0.2, -0.15) is 0 Å². The second-order valence-electron chi connectivity index (χ2n) is 4.06. The van der Waals surface area contributed by atoms with E-state index in [4.69, 9.17) is 11.6 Å². The van der Waals surface area contributed by atoms with Gasteiger partial charge < -0.3 is 5.32 Å². The van der Waals surface area contributed by atoms with Crippen LogP contribution in [-0.2, 0) is 9.84 Å². The van der Waals surface area contributed by atoms with Crippen LogP contribution in [0.4, 0.5) is 5.82 Å². The second-order valence-corrected chi connectivity index (χ2v) is 6.82. The van der Waals surface area contributed by atoms with E-state index in [-0.39, 0.29) is 28.8 Å². The quantitative estimate of drug-likeness (QED) is 0.655. The third kappa shape index (κ3) is 2.62. The summed E-state index contributed by atoms with van der Waals surface area (Å²) in [4.78, 5) is 18.4. The van der Waals surface area contributed by atoms with Gasteiger partial charge in [0.15, 0.2) is 16.1 Å². The second kappa shape index (κ2) is 5.19. The number of nitrogens with one attached hydrogen (secondary N) is 1. The molecule has 1 unspecified atom stereocenters. The minimum Gasteiger partial charge on any atom is -0.368 e. The van der Waals surface area contributed by atoms with Crippen molar-refractivity contribution in [1.29, 1.82) is 0 Å². The average molecular weight is 290 g/mol. The van der Waals surface area contributed by atoms with Crippen LogP contribution in [0.25, 0.3) is 0 Å². The minimum absolute atomic E-state index is 0.0526. The predicted molar refractivity (Wildman–Crippen MR) is 67.7 cm³/mol. The zero-order valence-electron chi connectivity index (χ0n) is 9.47. The third-order valence-corrected chi connectivity index (χ3v) is 5.49. The van der Waals surface area contributed by atoms with Crippen LogP contribution in [0.5, 0.6) is 0 Å². The number of aromatic nitrogens is 2. The molecule has 0 amide bonds. The van der Waals surface area contributed by atoms with Crippen LogP contribution in [-0.4, -0.2) is 42.2 Å². The molecule has 6 nitrogen and oxygen atoms in total. The van der Waals surface area contributed by atoms with Gasteiger partial charge >= 0.3 is 0 Å². The van der Waals surface area contributed by atoms with Crippen LogP contribution >= 0.6 is 11.6 Å². The number of hydrogen-bond acceptors (Lipinski definition) is 6. The Hall–Kier alpha value is -1.21. The van der Waals surface area contributed by atoms with Gasteiger partial charge in [-0.1, -0.05) is 11.6 Å². The summed E-state index contributed by atoms with van der Waals surface area (Å²) in [5.74, 6) is 0.497. The van der Waals surface area contributed by atoms with E-state index in [2.05, 4.69) is 15.3 Å². The summed E-state index contributed by atoms with van der Waals surface area (Å²) in [6.07, 6.45) is 3.08. The number of carbonyl (C=O) groups is 1. The van der Waals surface area contributed by atoms with Crippen LogP contribution in [0.15, 0.2) is 6.33 Å². The Labute approximate surface area is 110 Å². The zero-order valence-corrected chi connectivity index (χ0v) is 11.0. The lowest BCUT2D eigenvalue weighted by Gasteiger charge is -2.12. The first-order valence-electron chi connectivity index (χ1n) is 5.45. The summed E-state index contributed by atoms with van der Waals surface area (Å²) in [5, 5.41) is 2.48. The van der Waals surface area contributed by atoms with Gasteiger partial charge in [-0.15, -0.1) is 0 Å². The normalized spacial score (nSPS) is 21.7. The highest BCUT2D eigenvalue weighted by Crippen LogP contribution is 2.22. The van der Waals surface area contributed by atoms with Gasteiger partial charge in [-0.05, 0) is 12.8 Å². The maximum Gasteiger partial charge on any atom is 0.156 e. The number of aldehydes is 1. The Morgan fingerprint density at radius 1 is 1.50 bits per heavy atom. The number of carbonyl (C=O) groups excluding carboxylic acids is 1. The Morgan fingerprint density at radius 2 is 2.28 bits per heavy atom. The molecule has 1 N–H and O–H groups in total. The maximum atomic E-state index is 11.6. The fraction of sp³-hybridized carbons (Fsp3) is 0.500. The summed E-state index contributed by atoms with van der Waals surface area (Å²) in [7, 11) is -3.01. The smallest absolute Gasteiger partial charge is 0.156 e. The lowest BCUT2D eigenvalue weighted by molar-refractivity contribution is 0.112. The van der Waals surface area contributed by atoms with E-state index in [1.165, 1.54) is 6.33 Å². The highest BCUT2D eigenvalue weighted by Gasteiger charge is 2.31. The first kappa shape index (κ1) is 13.2. The molecule has 0 aromatic carbocycles. The van der Waals surface area contributed by atoms with Gasteiger partial charge in [0.1, 0.15) is 17.3 Å². The van der Waals surface area contributed by atoms with Crippen molar-refractivity contribution in [3.05, 3.63) is 17.0 Å². The molecule has 98 valence electrons. The third-order valence-electron chi connectivity index (χ3n) is 2.91.